The van der Waals surface area contributed by atoms with Crippen LogP contribution in [-0.2, 0) is 0 Å². The number of benzene rings is 1. The van der Waals surface area contributed by atoms with Crippen LogP contribution < -0.4 is 0 Å². The molecule has 86 valence electrons. The average Bonchev–Trinajstić information content (AvgIpc) is 2.24. The van der Waals surface area contributed by atoms with E-state index in [4.69, 9.17) is 0 Å². The van der Waals surface area contributed by atoms with E-state index >= 15 is 0 Å². The summed E-state index contributed by atoms with van der Waals surface area (Å²) in [4.78, 5) is 4.11. The van der Waals surface area contributed by atoms with Gasteiger partial charge in [0.15, 0.2) is 0 Å². The third-order valence-corrected chi connectivity index (χ3v) is 2.48. The zero-order valence-electron chi connectivity index (χ0n) is 10.1. The second kappa shape index (κ2) is 7.06. The molecular weight excluding hydrogens is 301 g/mol. The zero-order valence-corrected chi connectivity index (χ0v) is 12.2. The molecule has 1 rings (SSSR count). The molecule has 2 nitrogen and oxygen atoms in total. The molecule has 0 spiro atoms. The lowest BCUT2D eigenvalue weighted by Crippen LogP contribution is -2.16. The molecule has 1 unspecified atom stereocenters. The highest BCUT2D eigenvalue weighted by atomic mass is 127. The molecule has 0 amide bonds. The van der Waals surface area contributed by atoms with Crippen LogP contribution in [0.4, 0.5) is 0 Å². The summed E-state index contributed by atoms with van der Waals surface area (Å²) < 4.78 is 0. The van der Waals surface area contributed by atoms with Crippen LogP contribution >= 0.6 is 22.6 Å². The van der Waals surface area contributed by atoms with E-state index in [0.717, 1.165) is 5.56 Å². The maximum absolute atomic E-state index is 9.35. The van der Waals surface area contributed by atoms with Crippen molar-refractivity contribution in [2.24, 2.45) is 0 Å². The molecular formula is C12H20INO. The molecule has 0 saturated heterocycles. The summed E-state index contributed by atoms with van der Waals surface area (Å²) in [6.07, 6.45) is 0. The Kier molecular flexibility index (Phi) is 6.92. The number of phenols is 1. The first-order chi connectivity index (χ1) is 7.02. The second-order valence-electron chi connectivity index (χ2n) is 3.69. The van der Waals surface area contributed by atoms with E-state index in [1.54, 1.807) is 6.07 Å². The van der Waals surface area contributed by atoms with Crippen LogP contribution in [0.15, 0.2) is 18.2 Å². The average molecular weight is 321 g/mol. The Bertz CT molecular complexity index is 300. The topological polar surface area (TPSA) is 23.5 Å². The van der Waals surface area contributed by atoms with E-state index in [1.165, 1.54) is 5.56 Å². The monoisotopic (exact) mass is 321 g/mol. The van der Waals surface area contributed by atoms with Gasteiger partial charge in [-0.15, -0.1) is 0 Å². The molecule has 3 heteroatoms. The van der Waals surface area contributed by atoms with Crippen molar-refractivity contribution in [1.82, 2.24) is 4.90 Å². The van der Waals surface area contributed by atoms with Gasteiger partial charge in [-0.05, 0) is 50.1 Å². The minimum Gasteiger partial charge on any atom is -0.508 e. The van der Waals surface area contributed by atoms with Gasteiger partial charge in [0.1, 0.15) is 5.75 Å². The summed E-state index contributed by atoms with van der Waals surface area (Å²) >= 11 is 2.15. The molecule has 0 aliphatic carbocycles. The molecule has 0 saturated carbocycles. The number of hydrogen-bond acceptors (Lipinski definition) is 2. The number of halogens is 1. The Morgan fingerprint density at radius 1 is 1.27 bits per heavy atom. The van der Waals surface area contributed by atoms with E-state index in [2.05, 4.69) is 34.4 Å². The van der Waals surface area contributed by atoms with E-state index in [0.29, 0.717) is 11.8 Å². The van der Waals surface area contributed by atoms with E-state index < -0.39 is 0 Å². The number of alkyl halides is 1. The second-order valence-corrected chi connectivity index (χ2v) is 3.69. The lowest BCUT2D eigenvalue weighted by molar-refractivity contribution is 0.320. The maximum Gasteiger partial charge on any atom is 0.118 e. The summed E-state index contributed by atoms with van der Waals surface area (Å²) in [5, 5.41) is 9.35. The molecule has 1 N–H and O–H groups in total. The zero-order chi connectivity index (χ0) is 12.0. The van der Waals surface area contributed by atoms with Crippen LogP contribution in [0.5, 0.6) is 5.75 Å². The molecule has 0 fully saturated rings. The van der Waals surface area contributed by atoms with Gasteiger partial charge in [-0.2, -0.15) is 0 Å². The largest absolute Gasteiger partial charge is 0.508 e. The molecule has 1 aromatic rings. The Balaban J connectivity index is 0.000000921. The number of nitrogens with zero attached hydrogens (tertiary/aromatic N) is 1. The molecule has 0 radical (unpaired) electrons. The standard InChI is InChI=1S/C11H17NO.CH3I/c1-8-7-10(5-6-11(8)13)9(2)12(3)4;1-2/h5-7,9,13H,1-4H3;1H3. The molecule has 0 aromatic heterocycles. The molecule has 0 aliphatic heterocycles. The van der Waals surface area contributed by atoms with Gasteiger partial charge in [-0.1, -0.05) is 34.7 Å². The maximum atomic E-state index is 9.35. The van der Waals surface area contributed by atoms with Crippen LogP contribution in [0.25, 0.3) is 0 Å². The molecule has 1 aromatic carbocycles. The highest BCUT2D eigenvalue weighted by Crippen LogP contribution is 2.23. The number of hydrogen-bond donors (Lipinski definition) is 1. The summed E-state index contributed by atoms with van der Waals surface area (Å²) in [6, 6.07) is 6.14. The first kappa shape index (κ1) is 14.7. The summed E-state index contributed by atoms with van der Waals surface area (Å²) in [5.41, 5.74) is 2.17. The predicted molar refractivity (Wildman–Crippen MR) is 74.9 cm³/mol. The van der Waals surface area contributed by atoms with Crippen LogP contribution in [-0.4, -0.2) is 29.0 Å². The molecule has 1 atom stereocenters. The molecule has 0 heterocycles. The van der Waals surface area contributed by atoms with Gasteiger partial charge in [0.25, 0.3) is 0 Å². The van der Waals surface area contributed by atoms with Crippen LogP contribution in [0.3, 0.4) is 0 Å². The van der Waals surface area contributed by atoms with Crippen molar-refractivity contribution in [3.05, 3.63) is 29.3 Å². The van der Waals surface area contributed by atoms with E-state index in [9.17, 15) is 5.11 Å². The van der Waals surface area contributed by atoms with Crippen molar-refractivity contribution in [1.29, 1.82) is 0 Å². The minimum atomic E-state index is 0.370. The van der Waals surface area contributed by atoms with Crippen molar-refractivity contribution in [2.75, 3.05) is 19.0 Å². The quantitative estimate of drug-likeness (QED) is 0.667. The number of rotatable bonds is 2. The summed E-state index contributed by atoms with van der Waals surface area (Å²) in [6.45, 7) is 4.06. The number of phenolic OH excluding ortho intramolecular Hbond substituents is 1. The minimum absolute atomic E-state index is 0.370. The van der Waals surface area contributed by atoms with Crippen molar-refractivity contribution in [3.8, 4) is 5.75 Å². The SMILES string of the molecule is CI.Cc1cc(C(C)N(C)C)ccc1O. The summed E-state index contributed by atoms with van der Waals surface area (Å²) in [7, 11) is 4.10. The van der Waals surface area contributed by atoms with Crippen molar-refractivity contribution in [2.45, 2.75) is 19.9 Å². The Morgan fingerprint density at radius 2 is 1.80 bits per heavy atom. The van der Waals surface area contributed by atoms with Gasteiger partial charge >= 0.3 is 0 Å². The smallest absolute Gasteiger partial charge is 0.118 e. The Labute approximate surface area is 106 Å². The van der Waals surface area contributed by atoms with E-state index in [-0.39, 0.29) is 0 Å². The van der Waals surface area contributed by atoms with Gasteiger partial charge < -0.3 is 10.0 Å². The molecule has 0 aliphatic rings. The number of aryl methyl sites for hydroxylation is 1. The third kappa shape index (κ3) is 4.38. The van der Waals surface area contributed by atoms with Crippen LogP contribution in [0.1, 0.15) is 24.1 Å². The molecule has 15 heavy (non-hydrogen) atoms. The van der Waals surface area contributed by atoms with Gasteiger partial charge in [0.05, 0.1) is 0 Å². The fourth-order valence-electron chi connectivity index (χ4n) is 1.24. The Morgan fingerprint density at radius 3 is 2.20 bits per heavy atom. The van der Waals surface area contributed by atoms with Gasteiger partial charge in [0.2, 0.25) is 0 Å². The van der Waals surface area contributed by atoms with Gasteiger partial charge in [-0.25, -0.2) is 0 Å². The summed E-state index contributed by atoms with van der Waals surface area (Å²) in [5.74, 6) is 0.370. The van der Waals surface area contributed by atoms with Crippen molar-refractivity contribution in [3.63, 3.8) is 0 Å². The lowest BCUT2D eigenvalue weighted by atomic mass is 10.0. The van der Waals surface area contributed by atoms with Crippen molar-refractivity contribution < 1.29 is 5.11 Å². The third-order valence-electron chi connectivity index (χ3n) is 2.48. The lowest BCUT2D eigenvalue weighted by Gasteiger charge is -2.20. The van der Waals surface area contributed by atoms with E-state index in [1.807, 2.05) is 38.1 Å². The predicted octanol–water partition coefficient (Wildman–Crippen LogP) is 3.37. The normalized spacial score (nSPS) is 11.9. The van der Waals surface area contributed by atoms with Crippen LogP contribution in [0, 0.1) is 6.92 Å². The Hall–Kier alpha value is -0.290. The first-order valence-corrected chi connectivity index (χ1v) is 7.02. The van der Waals surface area contributed by atoms with Gasteiger partial charge in [0, 0.05) is 6.04 Å². The van der Waals surface area contributed by atoms with Gasteiger partial charge in [-0.3, -0.25) is 0 Å². The fourth-order valence-corrected chi connectivity index (χ4v) is 1.24. The first-order valence-electron chi connectivity index (χ1n) is 4.86. The highest BCUT2D eigenvalue weighted by Gasteiger charge is 2.08. The van der Waals surface area contributed by atoms with Crippen molar-refractivity contribution >= 4 is 22.6 Å². The number of aromatic hydroxyl groups is 1. The highest BCUT2D eigenvalue weighted by molar-refractivity contribution is 14.1. The molecule has 0 bridgehead atoms. The fraction of sp³-hybridized carbons (Fsp3) is 0.500. The van der Waals surface area contributed by atoms with Crippen LogP contribution in [0.2, 0.25) is 0 Å².